The van der Waals surface area contributed by atoms with Gasteiger partial charge in [0.25, 0.3) is 0 Å². The molecule has 2 N–H and O–H groups in total. The number of ether oxygens (including phenoxy) is 1. The number of fused-ring (bicyclic) bond motifs is 1. The molecule has 2 heterocycles. The van der Waals surface area contributed by atoms with Crippen molar-refractivity contribution in [1.29, 1.82) is 0 Å². The number of thiocarbonyl (C=S) groups is 1. The Hall–Kier alpha value is -1.18. The predicted octanol–water partition coefficient (Wildman–Crippen LogP) is 3.18. The summed E-state index contributed by atoms with van der Waals surface area (Å²) >= 11 is 7.18. The molecule has 1 aromatic rings. The van der Waals surface area contributed by atoms with Crippen LogP contribution in [-0.2, 0) is 17.6 Å². The average Bonchev–Trinajstić information content (AvgIpc) is 2.77. The molecule has 0 amide bonds. The standard InChI is InChI=1S/C18H27N3O2S2/c1-21-10-8-12(9-11-21)19-18(24)20-16-15(17(22)23-2)13-6-4-3-5-7-14(13)25-16/h12H,3-11H2,1-2H3,(H2,19,20,24). The van der Waals surface area contributed by atoms with Crippen molar-refractivity contribution in [2.45, 2.75) is 51.0 Å². The van der Waals surface area contributed by atoms with Gasteiger partial charge in [-0.25, -0.2) is 4.79 Å². The van der Waals surface area contributed by atoms with Gasteiger partial charge in [-0.3, -0.25) is 0 Å². The molecule has 0 unspecified atom stereocenters. The molecule has 0 bridgehead atoms. The Balaban J connectivity index is 1.72. The summed E-state index contributed by atoms with van der Waals surface area (Å²) in [5.41, 5.74) is 1.86. The van der Waals surface area contributed by atoms with Crippen LogP contribution in [0.5, 0.6) is 0 Å². The molecule has 1 aliphatic heterocycles. The summed E-state index contributed by atoms with van der Waals surface area (Å²) < 4.78 is 5.04. The van der Waals surface area contributed by atoms with Gasteiger partial charge in [-0.15, -0.1) is 11.3 Å². The van der Waals surface area contributed by atoms with Crippen LogP contribution in [0.1, 0.15) is 52.9 Å². The van der Waals surface area contributed by atoms with Gasteiger partial charge in [0.1, 0.15) is 5.00 Å². The van der Waals surface area contributed by atoms with Crippen molar-refractivity contribution in [2.75, 3.05) is 32.6 Å². The van der Waals surface area contributed by atoms with Crippen LogP contribution in [0.4, 0.5) is 5.00 Å². The third-order valence-electron chi connectivity index (χ3n) is 5.09. The Morgan fingerprint density at radius 2 is 1.96 bits per heavy atom. The molecule has 0 radical (unpaired) electrons. The first kappa shape index (κ1) is 18.6. The van der Waals surface area contributed by atoms with Gasteiger partial charge in [0.15, 0.2) is 5.11 Å². The molecule has 1 fully saturated rings. The van der Waals surface area contributed by atoms with Crippen LogP contribution in [0.25, 0.3) is 0 Å². The van der Waals surface area contributed by atoms with Crippen LogP contribution >= 0.6 is 23.6 Å². The fraction of sp³-hybridized carbons (Fsp3) is 0.667. The van der Waals surface area contributed by atoms with Crippen molar-refractivity contribution in [3.05, 3.63) is 16.0 Å². The molecular weight excluding hydrogens is 354 g/mol. The lowest BCUT2D eigenvalue weighted by Gasteiger charge is -2.30. The number of carbonyl (C=O) groups excluding carboxylic acids is 1. The molecule has 0 aromatic carbocycles. The molecule has 138 valence electrons. The molecule has 1 aromatic heterocycles. The molecule has 25 heavy (non-hydrogen) atoms. The van der Waals surface area contributed by atoms with Gasteiger partial charge in [0.05, 0.1) is 12.7 Å². The lowest BCUT2D eigenvalue weighted by Crippen LogP contribution is -2.44. The summed E-state index contributed by atoms with van der Waals surface area (Å²) in [4.78, 5) is 16.0. The number of nitrogens with zero attached hydrogens (tertiary/aromatic N) is 1. The van der Waals surface area contributed by atoms with E-state index < -0.39 is 0 Å². The van der Waals surface area contributed by atoms with Gasteiger partial charge in [0, 0.05) is 10.9 Å². The van der Waals surface area contributed by atoms with Gasteiger partial charge in [-0.05, 0) is 76.4 Å². The number of aryl methyl sites for hydroxylation is 1. The van der Waals surface area contributed by atoms with Crippen molar-refractivity contribution in [1.82, 2.24) is 10.2 Å². The summed E-state index contributed by atoms with van der Waals surface area (Å²) in [6.45, 7) is 2.17. The molecule has 3 rings (SSSR count). The third kappa shape index (κ3) is 4.51. The molecule has 5 nitrogen and oxygen atoms in total. The Morgan fingerprint density at radius 1 is 1.24 bits per heavy atom. The first-order chi connectivity index (χ1) is 12.1. The van der Waals surface area contributed by atoms with Crippen LogP contribution in [-0.4, -0.2) is 49.3 Å². The number of rotatable bonds is 3. The van der Waals surface area contributed by atoms with E-state index in [0.29, 0.717) is 16.7 Å². The van der Waals surface area contributed by atoms with Crippen LogP contribution in [0, 0.1) is 0 Å². The summed E-state index contributed by atoms with van der Waals surface area (Å²) in [6.07, 6.45) is 7.71. The zero-order valence-electron chi connectivity index (χ0n) is 15.0. The number of hydrogen-bond acceptors (Lipinski definition) is 5. The summed E-state index contributed by atoms with van der Waals surface area (Å²) in [5, 5.41) is 8.14. The van der Waals surface area contributed by atoms with Crippen LogP contribution < -0.4 is 10.6 Å². The first-order valence-electron chi connectivity index (χ1n) is 9.07. The van der Waals surface area contributed by atoms with Crippen molar-refractivity contribution in [3.63, 3.8) is 0 Å². The number of likely N-dealkylation sites (tertiary alicyclic amines) is 1. The fourth-order valence-corrected chi connectivity index (χ4v) is 5.24. The molecule has 2 aliphatic rings. The minimum atomic E-state index is -0.260. The number of hydrogen-bond donors (Lipinski definition) is 2. The number of esters is 1. The molecule has 1 saturated heterocycles. The van der Waals surface area contributed by atoms with E-state index >= 15 is 0 Å². The maximum Gasteiger partial charge on any atom is 0.341 e. The highest BCUT2D eigenvalue weighted by atomic mass is 32.1. The Labute approximate surface area is 159 Å². The monoisotopic (exact) mass is 381 g/mol. The number of methoxy groups -OCH3 is 1. The Bertz CT molecular complexity index is 637. The summed E-state index contributed by atoms with van der Waals surface area (Å²) in [7, 11) is 3.59. The number of anilines is 1. The normalized spacial score (nSPS) is 19.0. The van der Waals surface area contributed by atoms with Gasteiger partial charge in [0.2, 0.25) is 0 Å². The van der Waals surface area contributed by atoms with E-state index in [1.807, 2.05) is 0 Å². The second-order valence-corrected chi connectivity index (χ2v) is 8.45. The minimum Gasteiger partial charge on any atom is -0.465 e. The number of carbonyl (C=O) groups is 1. The molecule has 0 spiro atoms. The van der Waals surface area contributed by atoms with E-state index in [4.69, 9.17) is 17.0 Å². The zero-order valence-corrected chi connectivity index (χ0v) is 16.7. The molecule has 0 saturated carbocycles. The van der Waals surface area contributed by atoms with E-state index in [-0.39, 0.29) is 5.97 Å². The second kappa shape index (κ2) is 8.47. The van der Waals surface area contributed by atoms with Crippen LogP contribution in [0.3, 0.4) is 0 Å². The van der Waals surface area contributed by atoms with Gasteiger partial charge in [-0.1, -0.05) is 6.42 Å². The van der Waals surface area contributed by atoms with Gasteiger partial charge >= 0.3 is 5.97 Å². The predicted molar refractivity (Wildman–Crippen MR) is 107 cm³/mol. The van der Waals surface area contributed by atoms with Crippen molar-refractivity contribution in [2.24, 2.45) is 0 Å². The number of piperidine rings is 1. The van der Waals surface area contributed by atoms with Crippen molar-refractivity contribution in [3.8, 4) is 0 Å². The Kier molecular flexibility index (Phi) is 6.30. The highest BCUT2D eigenvalue weighted by Gasteiger charge is 2.26. The third-order valence-corrected chi connectivity index (χ3v) is 6.52. The fourth-order valence-electron chi connectivity index (χ4n) is 3.63. The van der Waals surface area contributed by atoms with Crippen LogP contribution in [0.15, 0.2) is 0 Å². The number of nitrogens with one attached hydrogen (secondary N) is 2. The quantitative estimate of drug-likeness (QED) is 0.476. The lowest BCUT2D eigenvalue weighted by molar-refractivity contribution is 0.0601. The van der Waals surface area contributed by atoms with E-state index in [2.05, 4.69) is 22.6 Å². The lowest BCUT2D eigenvalue weighted by atomic mass is 10.1. The maximum absolute atomic E-state index is 12.4. The highest BCUT2D eigenvalue weighted by molar-refractivity contribution is 7.80. The van der Waals surface area contributed by atoms with Crippen molar-refractivity contribution < 1.29 is 9.53 Å². The zero-order chi connectivity index (χ0) is 17.8. The average molecular weight is 382 g/mol. The SMILES string of the molecule is COC(=O)c1c(NC(=S)NC2CCN(C)CC2)sc2c1CCCCC2. The van der Waals surface area contributed by atoms with E-state index in [1.165, 1.54) is 30.4 Å². The number of thiophene rings is 1. The topological polar surface area (TPSA) is 53.6 Å². The minimum absolute atomic E-state index is 0.260. The van der Waals surface area contributed by atoms with Gasteiger partial charge in [-0.2, -0.15) is 0 Å². The second-order valence-electron chi connectivity index (χ2n) is 6.94. The van der Waals surface area contributed by atoms with E-state index in [9.17, 15) is 4.79 Å². The van der Waals surface area contributed by atoms with Crippen molar-refractivity contribution >= 4 is 39.6 Å². The first-order valence-corrected chi connectivity index (χ1v) is 10.3. The highest BCUT2D eigenvalue weighted by Crippen LogP contribution is 2.37. The van der Waals surface area contributed by atoms with E-state index in [1.54, 1.807) is 11.3 Å². The molecule has 7 heteroatoms. The molecular formula is C18H27N3O2S2. The summed E-state index contributed by atoms with van der Waals surface area (Å²) in [5.74, 6) is -0.260. The molecule has 1 aliphatic carbocycles. The summed E-state index contributed by atoms with van der Waals surface area (Å²) in [6, 6.07) is 0.399. The largest absolute Gasteiger partial charge is 0.465 e. The Morgan fingerprint density at radius 3 is 2.68 bits per heavy atom. The van der Waals surface area contributed by atoms with Gasteiger partial charge < -0.3 is 20.3 Å². The van der Waals surface area contributed by atoms with Crippen LogP contribution in [0.2, 0.25) is 0 Å². The van der Waals surface area contributed by atoms with E-state index in [0.717, 1.165) is 50.2 Å². The maximum atomic E-state index is 12.4. The molecule has 0 atom stereocenters. The smallest absolute Gasteiger partial charge is 0.341 e.